The average Bonchev–Trinajstić information content (AvgIpc) is 3.58. The van der Waals surface area contributed by atoms with Gasteiger partial charge in [-0.05, 0) is 63.2 Å². The van der Waals surface area contributed by atoms with Gasteiger partial charge in [-0.1, -0.05) is 164 Å². The number of rotatable bonds is 5. The Labute approximate surface area is 302 Å². The number of furan rings is 1. The summed E-state index contributed by atoms with van der Waals surface area (Å²) in [6, 6.07) is 46.0. The second-order valence-corrected chi connectivity index (χ2v) is 12.9. The Balaban J connectivity index is 1.24. The van der Waals surface area contributed by atoms with E-state index in [1.54, 1.807) is 0 Å². The van der Waals surface area contributed by atoms with Gasteiger partial charge in [0.05, 0.1) is 0 Å². The van der Waals surface area contributed by atoms with Gasteiger partial charge in [-0.15, -0.1) is 0 Å². The minimum atomic E-state index is 0.586. The third-order valence-electron chi connectivity index (χ3n) is 9.50. The second kappa shape index (κ2) is 13.4. The van der Waals surface area contributed by atoms with Crippen LogP contribution >= 0.6 is 0 Å². The van der Waals surface area contributed by atoms with Crippen LogP contribution in [-0.2, 0) is 0 Å². The molecule has 0 radical (unpaired) electrons. The van der Waals surface area contributed by atoms with Gasteiger partial charge in [0.25, 0.3) is 0 Å². The van der Waals surface area contributed by atoms with Crippen molar-refractivity contribution < 1.29 is 4.42 Å². The van der Waals surface area contributed by atoms with Gasteiger partial charge in [0.2, 0.25) is 0 Å². The zero-order valence-corrected chi connectivity index (χ0v) is 28.4. The fourth-order valence-corrected chi connectivity index (χ4v) is 6.91. The smallest absolute Gasteiger partial charge is 0.164 e. The molecule has 6 aromatic carbocycles. The molecule has 2 aromatic heterocycles. The lowest BCUT2D eigenvalue weighted by atomic mass is 9.95. The third-order valence-corrected chi connectivity index (χ3v) is 9.50. The van der Waals surface area contributed by atoms with Crippen LogP contribution in [0.1, 0.15) is 12.0 Å². The first-order valence-electron chi connectivity index (χ1n) is 17.4. The van der Waals surface area contributed by atoms with Crippen LogP contribution in [0.4, 0.5) is 0 Å². The molecule has 0 spiro atoms. The second-order valence-electron chi connectivity index (χ2n) is 12.9. The van der Waals surface area contributed by atoms with Crippen molar-refractivity contribution in [3.05, 3.63) is 194 Å². The summed E-state index contributed by atoms with van der Waals surface area (Å²) in [5.41, 5.74) is 9.76. The Morgan fingerprint density at radius 2 is 1.17 bits per heavy atom. The Morgan fingerprint density at radius 3 is 2.02 bits per heavy atom. The Hall–Kier alpha value is -6.91. The maximum absolute atomic E-state index is 6.52. The quantitative estimate of drug-likeness (QED) is 0.183. The van der Waals surface area contributed by atoms with Crippen LogP contribution in [0.2, 0.25) is 0 Å². The van der Waals surface area contributed by atoms with Crippen LogP contribution in [0, 0.1) is 0 Å². The summed E-state index contributed by atoms with van der Waals surface area (Å²) in [5.74, 6) is 1.80. The number of hydrogen-bond donors (Lipinski definition) is 0. The zero-order valence-electron chi connectivity index (χ0n) is 28.4. The summed E-state index contributed by atoms with van der Waals surface area (Å²) in [6.45, 7) is 4.13. The lowest BCUT2D eigenvalue weighted by Gasteiger charge is -2.12. The highest BCUT2D eigenvalue weighted by Crippen LogP contribution is 2.40. The molecule has 0 saturated heterocycles. The summed E-state index contributed by atoms with van der Waals surface area (Å²) in [5, 5.41) is 4.43. The van der Waals surface area contributed by atoms with E-state index in [9.17, 15) is 0 Å². The molecule has 0 unspecified atom stereocenters. The number of allylic oxidation sites excluding steroid dienone is 9. The number of benzene rings is 6. The molecule has 0 N–H and O–H groups in total. The van der Waals surface area contributed by atoms with Gasteiger partial charge in [-0.3, -0.25) is 0 Å². The van der Waals surface area contributed by atoms with Crippen molar-refractivity contribution in [2.75, 3.05) is 0 Å². The summed E-state index contributed by atoms with van der Waals surface area (Å²) in [6.07, 6.45) is 15.2. The van der Waals surface area contributed by atoms with E-state index in [1.165, 1.54) is 16.3 Å². The van der Waals surface area contributed by atoms with Crippen molar-refractivity contribution in [2.45, 2.75) is 6.42 Å². The van der Waals surface area contributed by atoms with Crippen molar-refractivity contribution in [1.82, 2.24) is 15.0 Å². The van der Waals surface area contributed by atoms with Crippen LogP contribution in [0.25, 0.3) is 83.6 Å². The van der Waals surface area contributed by atoms with Crippen LogP contribution in [0.3, 0.4) is 0 Å². The zero-order chi connectivity index (χ0) is 34.9. The first-order valence-corrected chi connectivity index (χ1v) is 17.4. The van der Waals surface area contributed by atoms with E-state index in [1.807, 2.05) is 66.8 Å². The van der Waals surface area contributed by atoms with Gasteiger partial charge in [0.15, 0.2) is 17.5 Å². The number of fused-ring (bicyclic) bond motifs is 4. The molecule has 2 heterocycles. The molecule has 1 aliphatic carbocycles. The van der Waals surface area contributed by atoms with Crippen molar-refractivity contribution in [2.24, 2.45) is 0 Å². The normalized spacial score (nSPS) is 16.1. The van der Waals surface area contributed by atoms with E-state index in [4.69, 9.17) is 19.4 Å². The average molecular weight is 668 g/mol. The highest BCUT2D eigenvalue weighted by molar-refractivity contribution is 6.12. The highest BCUT2D eigenvalue weighted by Gasteiger charge is 2.20. The lowest BCUT2D eigenvalue weighted by molar-refractivity contribution is 0.669. The fraction of sp³-hybridized carbons (Fsp3) is 0.0208. The first-order chi connectivity index (χ1) is 25.7. The van der Waals surface area contributed by atoms with Crippen LogP contribution in [0.5, 0.6) is 0 Å². The first kappa shape index (κ1) is 31.1. The monoisotopic (exact) mass is 667 g/mol. The van der Waals surface area contributed by atoms with E-state index in [0.717, 1.165) is 67.3 Å². The van der Waals surface area contributed by atoms with E-state index in [0.29, 0.717) is 17.5 Å². The molecular weight excluding hydrogens is 635 g/mol. The molecule has 4 nitrogen and oxygen atoms in total. The highest BCUT2D eigenvalue weighted by atomic mass is 16.3. The fourth-order valence-electron chi connectivity index (χ4n) is 6.91. The molecule has 0 atom stereocenters. The van der Waals surface area contributed by atoms with E-state index in [2.05, 4.69) is 116 Å². The molecule has 9 rings (SSSR count). The van der Waals surface area contributed by atoms with Crippen molar-refractivity contribution in [1.29, 1.82) is 0 Å². The molecule has 8 aromatic rings. The maximum atomic E-state index is 6.52. The van der Waals surface area contributed by atoms with Crippen LogP contribution in [0.15, 0.2) is 193 Å². The SMILES string of the molecule is C=C1/C=C\C=C/C/C(c2cc(-c3nc(-c4ccccc4)nc(-c4ccc(-c5cccc6ccccc56)cc4)n3)c3c(c2)oc2ccccc23)=C\C=C/1. The summed E-state index contributed by atoms with van der Waals surface area (Å²) in [7, 11) is 0. The number of para-hydroxylation sites is 1. The minimum Gasteiger partial charge on any atom is -0.456 e. The van der Waals surface area contributed by atoms with Gasteiger partial charge < -0.3 is 4.42 Å². The molecule has 246 valence electrons. The topological polar surface area (TPSA) is 51.8 Å². The maximum Gasteiger partial charge on any atom is 0.164 e. The molecule has 52 heavy (non-hydrogen) atoms. The number of nitrogens with zero attached hydrogens (tertiary/aromatic N) is 3. The third kappa shape index (κ3) is 5.97. The molecule has 0 saturated carbocycles. The summed E-state index contributed by atoms with van der Waals surface area (Å²) < 4.78 is 6.52. The predicted molar refractivity (Wildman–Crippen MR) is 216 cm³/mol. The van der Waals surface area contributed by atoms with E-state index in [-0.39, 0.29) is 0 Å². The largest absolute Gasteiger partial charge is 0.456 e. The Kier molecular flexibility index (Phi) is 8.03. The number of hydrogen-bond acceptors (Lipinski definition) is 4. The molecule has 0 amide bonds. The summed E-state index contributed by atoms with van der Waals surface area (Å²) >= 11 is 0. The van der Waals surface area contributed by atoms with Gasteiger partial charge in [-0.2, -0.15) is 0 Å². The number of aromatic nitrogens is 3. The minimum absolute atomic E-state index is 0.586. The standard InChI is InChI=1S/C48H33N3O/c1-32-14-4-2-5-16-33(20-12-15-32)38-30-42(45-41-23-10-11-25-43(41)52-44(45)31-38)48-50-46(36-18-6-3-7-19-36)49-47(51-48)37-28-26-35(27-29-37)40-24-13-21-34-17-8-9-22-39(34)40/h2-15,17-31H,1,16H2/b5-2-,14-4-,15-12-,33-20+. The summed E-state index contributed by atoms with van der Waals surface area (Å²) in [4.78, 5) is 15.4. The van der Waals surface area contributed by atoms with E-state index < -0.39 is 0 Å². The van der Waals surface area contributed by atoms with Gasteiger partial charge in [0.1, 0.15) is 11.2 Å². The van der Waals surface area contributed by atoms with Crippen molar-refractivity contribution in [3.63, 3.8) is 0 Å². The van der Waals surface area contributed by atoms with Crippen molar-refractivity contribution in [3.8, 4) is 45.3 Å². The molecule has 0 bridgehead atoms. The molecule has 1 aliphatic rings. The van der Waals surface area contributed by atoms with Gasteiger partial charge >= 0.3 is 0 Å². The van der Waals surface area contributed by atoms with Crippen LogP contribution < -0.4 is 0 Å². The lowest BCUT2D eigenvalue weighted by Crippen LogP contribution is -2.01. The van der Waals surface area contributed by atoms with Gasteiger partial charge in [0, 0.05) is 27.5 Å². The van der Waals surface area contributed by atoms with E-state index >= 15 is 0 Å². The molecule has 0 fully saturated rings. The Bertz CT molecular complexity index is 2760. The van der Waals surface area contributed by atoms with Gasteiger partial charge in [-0.25, -0.2) is 15.0 Å². The molecule has 0 aliphatic heterocycles. The Morgan fingerprint density at radius 1 is 0.500 bits per heavy atom. The van der Waals surface area contributed by atoms with Crippen LogP contribution in [-0.4, -0.2) is 15.0 Å². The molecule has 4 heteroatoms. The molecular formula is C48H33N3O. The van der Waals surface area contributed by atoms with Crippen molar-refractivity contribution >= 4 is 38.3 Å². The predicted octanol–water partition coefficient (Wildman–Crippen LogP) is 12.6.